The molecule has 2 fully saturated rings. The Kier molecular flexibility index (Phi) is 4.22. The summed E-state index contributed by atoms with van der Waals surface area (Å²) in [5.74, 6) is -1.45. The zero-order valence-corrected chi connectivity index (χ0v) is 10.5. The molecule has 2 aliphatic carbocycles. The molecule has 0 spiro atoms. The number of aliphatic hydroxyl groups excluding tert-OH is 1. The Morgan fingerprint density at radius 2 is 1.67 bits per heavy atom. The standard InChI is InChI=1S/C13H21NO4/c15-11-4-2-1-3-10(11)14-12(16)8-5-6-9(7-8)13(17)18/h8-11,15H,1-7H2,(H,14,16)(H,17,18). The molecule has 2 rings (SSSR count). The Balaban J connectivity index is 1.83. The van der Waals surface area contributed by atoms with Crippen molar-refractivity contribution in [3.63, 3.8) is 0 Å². The molecule has 0 radical (unpaired) electrons. The number of carbonyl (C=O) groups excluding carboxylic acids is 1. The molecule has 5 heteroatoms. The van der Waals surface area contributed by atoms with Crippen LogP contribution in [0.4, 0.5) is 0 Å². The van der Waals surface area contributed by atoms with Gasteiger partial charge < -0.3 is 15.5 Å². The molecule has 0 aromatic carbocycles. The van der Waals surface area contributed by atoms with Crippen LogP contribution < -0.4 is 5.32 Å². The second-order valence-corrected chi connectivity index (χ2v) is 5.51. The van der Waals surface area contributed by atoms with Crippen molar-refractivity contribution in [1.29, 1.82) is 0 Å². The zero-order chi connectivity index (χ0) is 13.1. The van der Waals surface area contributed by atoms with Crippen LogP contribution in [-0.2, 0) is 9.59 Å². The smallest absolute Gasteiger partial charge is 0.306 e. The van der Waals surface area contributed by atoms with Gasteiger partial charge in [-0.05, 0) is 32.1 Å². The topological polar surface area (TPSA) is 86.6 Å². The van der Waals surface area contributed by atoms with Crippen LogP contribution in [0.2, 0.25) is 0 Å². The third-order valence-electron chi connectivity index (χ3n) is 4.21. The van der Waals surface area contributed by atoms with Crippen molar-refractivity contribution < 1.29 is 19.8 Å². The molecular formula is C13H21NO4. The SMILES string of the molecule is O=C(O)C1CCC(C(=O)NC2CCCCC2O)C1. The van der Waals surface area contributed by atoms with Gasteiger partial charge in [0.15, 0.2) is 0 Å². The van der Waals surface area contributed by atoms with E-state index in [-0.39, 0.29) is 23.8 Å². The van der Waals surface area contributed by atoms with Gasteiger partial charge in [-0.25, -0.2) is 0 Å². The Morgan fingerprint density at radius 1 is 1.00 bits per heavy atom. The van der Waals surface area contributed by atoms with Gasteiger partial charge in [-0.15, -0.1) is 0 Å². The molecule has 0 aromatic heterocycles. The van der Waals surface area contributed by atoms with E-state index in [0.29, 0.717) is 19.3 Å². The minimum absolute atomic E-state index is 0.0790. The average Bonchev–Trinajstić information content (AvgIpc) is 2.81. The predicted molar refractivity (Wildman–Crippen MR) is 64.9 cm³/mol. The summed E-state index contributed by atoms with van der Waals surface area (Å²) in [6.07, 6.45) is 4.83. The fourth-order valence-corrected chi connectivity index (χ4v) is 3.02. The molecule has 4 atom stereocenters. The number of rotatable bonds is 3. The summed E-state index contributed by atoms with van der Waals surface area (Å²) >= 11 is 0. The first-order valence-electron chi connectivity index (χ1n) is 6.79. The van der Waals surface area contributed by atoms with Crippen molar-refractivity contribution in [3.05, 3.63) is 0 Å². The van der Waals surface area contributed by atoms with Crippen molar-refractivity contribution in [2.24, 2.45) is 11.8 Å². The number of nitrogens with one attached hydrogen (secondary N) is 1. The van der Waals surface area contributed by atoms with Crippen LogP contribution >= 0.6 is 0 Å². The van der Waals surface area contributed by atoms with Crippen LogP contribution in [0.25, 0.3) is 0 Å². The van der Waals surface area contributed by atoms with Crippen LogP contribution in [0, 0.1) is 11.8 Å². The van der Waals surface area contributed by atoms with Gasteiger partial charge in [0.1, 0.15) is 0 Å². The van der Waals surface area contributed by atoms with Gasteiger partial charge in [-0.3, -0.25) is 9.59 Å². The molecule has 2 aliphatic rings. The van der Waals surface area contributed by atoms with Gasteiger partial charge in [0.05, 0.1) is 18.1 Å². The minimum Gasteiger partial charge on any atom is -0.481 e. The summed E-state index contributed by atoms with van der Waals surface area (Å²) in [7, 11) is 0. The second kappa shape index (κ2) is 5.69. The van der Waals surface area contributed by atoms with Crippen molar-refractivity contribution in [1.82, 2.24) is 5.32 Å². The summed E-state index contributed by atoms with van der Waals surface area (Å²) in [5, 5.41) is 21.6. The highest BCUT2D eigenvalue weighted by atomic mass is 16.4. The van der Waals surface area contributed by atoms with Crippen molar-refractivity contribution in [2.75, 3.05) is 0 Å². The Labute approximate surface area is 107 Å². The maximum atomic E-state index is 12.0. The number of carbonyl (C=O) groups is 2. The Bertz CT molecular complexity index is 331. The van der Waals surface area contributed by atoms with Crippen LogP contribution in [-0.4, -0.2) is 34.2 Å². The molecule has 0 aliphatic heterocycles. The lowest BCUT2D eigenvalue weighted by Gasteiger charge is -2.29. The molecule has 1 amide bonds. The molecule has 3 N–H and O–H groups in total. The maximum Gasteiger partial charge on any atom is 0.306 e. The van der Waals surface area contributed by atoms with E-state index in [1.807, 2.05) is 0 Å². The van der Waals surface area contributed by atoms with Gasteiger partial charge in [0.25, 0.3) is 0 Å². The highest BCUT2D eigenvalue weighted by Crippen LogP contribution is 2.31. The molecule has 102 valence electrons. The third-order valence-corrected chi connectivity index (χ3v) is 4.21. The van der Waals surface area contributed by atoms with Gasteiger partial charge >= 0.3 is 5.97 Å². The first-order chi connectivity index (χ1) is 8.58. The van der Waals surface area contributed by atoms with Crippen LogP contribution in [0.5, 0.6) is 0 Å². The zero-order valence-electron chi connectivity index (χ0n) is 10.5. The summed E-state index contributed by atoms with van der Waals surface area (Å²) in [5.41, 5.74) is 0. The highest BCUT2D eigenvalue weighted by Gasteiger charge is 2.35. The predicted octanol–water partition coefficient (Wildman–Crippen LogP) is 0.907. The Hall–Kier alpha value is -1.10. The fourth-order valence-electron chi connectivity index (χ4n) is 3.02. The third kappa shape index (κ3) is 3.02. The van der Waals surface area contributed by atoms with E-state index in [9.17, 15) is 14.7 Å². The fraction of sp³-hybridized carbons (Fsp3) is 0.846. The van der Waals surface area contributed by atoms with Gasteiger partial charge in [-0.1, -0.05) is 12.8 Å². The molecule has 4 unspecified atom stereocenters. The van der Waals surface area contributed by atoms with E-state index in [0.717, 1.165) is 25.7 Å². The molecule has 2 saturated carbocycles. The van der Waals surface area contributed by atoms with E-state index in [2.05, 4.69) is 5.32 Å². The van der Waals surface area contributed by atoms with Gasteiger partial charge in [0, 0.05) is 5.92 Å². The first-order valence-corrected chi connectivity index (χ1v) is 6.79. The van der Waals surface area contributed by atoms with Crippen LogP contribution in [0.3, 0.4) is 0 Å². The van der Waals surface area contributed by atoms with E-state index in [1.165, 1.54) is 0 Å². The first kappa shape index (κ1) is 13.3. The molecule has 0 saturated heterocycles. The number of amides is 1. The van der Waals surface area contributed by atoms with Crippen molar-refractivity contribution >= 4 is 11.9 Å². The second-order valence-electron chi connectivity index (χ2n) is 5.51. The van der Waals surface area contributed by atoms with Crippen molar-refractivity contribution in [3.8, 4) is 0 Å². The average molecular weight is 255 g/mol. The lowest BCUT2D eigenvalue weighted by atomic mass is 9.92. The summed E-state index contributed by atoms with van der Waals surface area (Å²) in [6.45, 7) is 0. The molecule has 0 aromatic rings. The minimum atomic E-state index is -0.803. The molecule has 18 heavy (non-hydrogen) atoms. The summed E-state index contributed by atoms with van der Waals surface area (Å²) in [6, 6.07) is -0.143. The number of aliphatic carboxylic acids is 1. The van der Waals surface area contributed by atoms with E-state index in [1.54, 1.807) is 0 Å². The monoisotopic (exact) mass is 255 g/mol. The van der Waals surface area contributed by atoms with E-state index >= 15 is 0 Å². The normalized spacial score (nSPS) is 36.3. The Morgan fingerprint density at radius 3 is 2.28 bits per heavy atom. The maximum absolute atomic E-state index is 12.0. The van der Waals surface area contributed by atoms with Crippen molar-refractivity contribution in [2.45, 2.75) is 57.1 Å². The van der Waals surface area contributed by atoms with Crippen LogP contribution in [0.1, 0.15) is 44.9 Å². The number of hydrogen-bond donors (Lipinski definition) is 3. The molecule has 0 heterocycles. The number of carboxylic acid groups (broad SMARTS) is 1. The molecule has 5 nitrogen and oxygen atoms in total. The largest absolute Gasteiger partial charge is 0.481 e. The molecule has 0 bridgehead atoms. The number of carboxylic acids is 1. The highest BCUT2D eigenvalue weighted by molar-refractivity contribution is 5.81. The quantitative estimate of drug-likeness (QED) is 0.699. The van der Waals surface area contributed by atoms with Gasteiger partial charge in [0.2, 0.25) is 5.91 Å². The van der Waals surface area contributed by atoms with Crippen LogP contribution in [0.15, 0.2) is 0 Å². The summed E-state index contributed by atoms with van der Waals surface area (Å²) < 4.78 is 0. The number of hydrogen-bond acceptors (Lipinski definition) is 3. The number of aliphatic hydroxyl groups is 1. The van der Waals surface area contributed by atoms with E-state index < -0.39 is 12.1 Å². The van der Waals surface area contributed by atoms with Gasteiger partial charge in [-0.2, -0.15) is 0 Å². The lowest BCUT2D eigenvalue weighted by molar-refractivity contribution is -0.141. The van der Waals surface area contributed by atoms with E-state index in [4.69, 9.17) is 5.11 Å². The molecular weight excluding hydrogens is 234 g/mol. The lowest BCUT2D eigenvalue weighted by Crippen LogP contribution is -2.46. The summed E-state index contributed by atoms with van der Waals surface area (Å²) in [4.78, 5) is 22.9.